The molecule has 2 N–H and O–H groups in total. The summed E-state index contributed by atoms with van der Waals surface area (Å²) in [5.41, 5.74) is 1.84. The van der Waals surface area contributed by atoms with Gasteiger partial charge in [0.2, 0.25) is 5.91 Å². The van der Waals surface area contributed by atoms with Gasteiger partial charge >= 0.3 is 0 Å². The molecule has 8 heteroatoms. The van der Waals surface area contributed by atoms with E-state index in [1.807, 2.05) is 49.6 Å². The molecule has 152 valence electrons. The maximum absolute atomic E-state index is 12.8. The van der Waals surface area contributed by atoms with Crippen LogP contribution in [0.5, 0.6) is 0 Å². The molecule has 30 heavy (non-hydrogen) atoms. The molecular weight excluding hydrogens is 416 g/mol. The fourth-order valence-electron chi connectivity index (χ4n) is 2.95. The molecular formula is C22H20N4O2S2. The minimum absolute atomic E-state index is 0.0732. The van der Waals surface area contributed by atoms with Gasteiger partial charge in [-0.2, -0.15) is 0 Å². The number of para-hydroxylation sites is 1. The van der Waals surface area contributed by atoms with E-state index in [9.17, 15) is 9.59 Å². The third kappa shape index (κ3) is 4.39. The highest BCUT2D eigenvalue weighted by Gasteiger charge is 2.25. The SMILES string of the molecule is CC(C)C(NC(=O)c1cccs1)C(=O)Nc1ccc(-c2nc3ccccc3s2)cn1. The third-order valence-electron chi connectivity index (χ3n) is 4.54. The summed E-state index contributed by atoms with van der Waals surface area (Å²) in [6.45, 7) is 3.78. The first-order valence-electron chi connectivity index (χ1n) is 9.48. The molecule has 0 bridgehead atoms. The first-order valence-corrected chi connectivity index (χ1v) is 11.2. The lowest BCUT2D eigenvalue weighted by molar-refractivity contribution is -0.118. The summed E-state index contributed by atoms with van der Waals surface area (Å²) in [5, 5.41) is 8.32. The molecule has 3 aromatic heterocycles. The molecule has 0 saturated heterocycles. The van der Waals surface area contributed by atoms with E-state index in [4.69, 9.17) is 0 Å². The Morgan fingerprint density at radius 2 is 1.87 bits per heavy atom. The topological polar surface area (TPSA) is 84.0 Å². The molecule has 1 atom stereocenters. The molecule has 0 spiro atoms. The number of rotatable bonds is 6. The monoisotopic (exact) mass is 436 g/mol. The van der Waals surface area contributed by atoms with Crippen LogP contribution in [0, 0.1) is 5.92 Å². The lowest BCUT2D eigenvalue weighted by Crippen LogP contribution is -2.47. The zero-order chi connectivity index (χ0) is 21.1. The van der Waals surface area contributed by atoms with Crippen molar-refractivity contribution in [3.63, 3.8) is 0 Å². The van der Waals surface area contributed by atoms with Crippen molar-refractivity contribution in [2.45, 2.75) is 19.9 Å². The Labute approximate surface area is 182 Å². The highest BCUT2D eigenvalue weighted by Crippen LogP contribution is 2.29. The molecule has 0 aliphatic carbocycles. The van der Waals surface area contributed by atoms with Gasteiger partial charge < -0.3 is 10.6 Å². The number of anilines is 1. The summed E-state index contributed by atoms with van der Waals surface area (Å²) in [7, 11) is 0. The van der Waals surface area contributed by atoms with Crippen molar-refractivity contribution >= 4 is 50.5 Å². The number of thiophene rings is 1. The van der Waals surface area contributed by atoms with E-state index in [1.54, 1.807) is 35.7 Å². The van der Waals surface area contributed by atoms with Crippen LogP contribution in [0.1, 0.15) is 23.5 Å². The second-order valence-corrected chi connectivity index (χ2v) is 9.06. The van der Waals surface area contributed by atoms with Crippen LogP contribution in [0.25, 0.3) is 20.8 Å². The van der Waals surface area contributed by atoms with Gasteiger partial charge in [0.15, 0.2) is 0 Å². The second kappa shape index (κ2) is 8.73. The number of nitrogens with zero attached hydrogens (tertiary/aromatic N) is 2. The molecule has 4 rings (SSSR count). The highest BCUT2D eigenvalue weighted by molar-refractivity contribution is 7.21. The van der Waals surface area contributed by atoms with Gasteiger partial charge in [-0.1, -0.05) is 32.0 Å². The van der Waals surface area contributed by atoms with Crippen LogP contribution in [0.2, 0.25) is 0 Å². The van der Waals surface area contributed by atoms with Crippen LogP contribution >= 0.6 is 22.7 Å². The Bertz CT molecular complexity index is 1130. The second-order valence-electron chi connectivity index (χ2n) is 7.08. The van der Waals surface area contributed by atoms with Crippen LogP contribution in [-0.4, -0.2) is 27.8 Å². The van der Waals surface area contributed by atoms with E-state index in [2.05, 4.69) is 20.6 Å². The average Bonchev–Trinajstić information content (AvgIpc) is 3.42. The number of hydrogen-bond donors (Lipinski definition) is 2. The van der Waals surface area contributed by atoms with Crippen molar-refractivity contribution in [3.8, 4) is 10.6 Å². The van der Waals surface area contributed by atoms with Gasteiger partial charge in [0.05, 0.1) is 15.1 Å². The summed E-state index contributed by atoms with van der Waals surface area (Å²) in [4.78, 5) is 34.7. The average molecular weight is 437 g/mol. The van der Waals surface area contributed by atoms with Gasteiger partial charge in [-0.3, -0.25) is 9.59 Å². The zero-order valence-corrected chi connectivity index (χ0v) is 18.1. The van der Waals surface area contributed by atoms with Crippen LogP contribution in [0.4, 0.5) is 5.82 Å². The number of carbonyl (C=O) groups is 2. The lowest BCUT2D eigenvalue weighted by atomic mass is 10.0. The Kier molecular flexibility index (Phi) is 5.87. The smallest absolute Gasteiger partial charge is 0.262 e. The molecule has 1 aromatic carbocycles. The molecule has 2 amide bonds. The van der Waals surface area contributed by atoms with E-state index in [0.717, 1.165) is 20.8 Å². The largest absolute Gasteiger partial charge is 0.339 e. The van der Waals surface area contributed by atoms with Crippen LogP contribution in [0.3, 0.4) is 0 Å². The van der Waals surface area contributed by atoms with Gasteiger partial charge in [-0.05, 0) is 41.6 Å². The Morgan fingerprint density at radius 1 is 1.03 bits per heavy atom. The van der Waals surface area contributed by atoms with E-state index in [1.165, 1.54) is 11.3 Å². The first-order chi connectivity index (χ1) is 14.5. The van der Waals surface area contributed by atoms with Gasteiger partial charge in [-0.15, -0.1) is 22.7 Å². The Balaban J connectivity index is 1.45. The van der Waals surface area contributed by atoms with Crippen molar-refractivity contribution in [3.05, 3.63) is 65.0 Å². The van der Waals surface area contributed by atoms with Crippen LogP contribution in [0.15, 0.2) is 60.1 Å². The number of aromatic nitrogens is 2. The summed E-state index contributed by atoms with van der Waals surface area (Å²) >= 11 is 2.94. The van der Waals surface area contributed by atoms with Crippen molar-refractivity contribution in [2.24, 2.45) is 5.92 Å². The molecule has 3 heterocycles. The number of pyridine rings is 1. The normalized spacial score (nSPS) is 12.1. The minimum Gasteiger partial charge on any atom is -0.339 e. The fraction of sp³-hybridized carbons (Fsp3) is 0.182. The summed E-state index contributed by atoms with van der Waals surface area (Å²) in [5.74, 6) is -0.190. The van der Waals surface area contributed by atoms with Crippen molar-refractivity contribution < 1.29 is 9.59 Å². The Morgan fingerprint density at radius 3 is 2.53 bits per heavy atom. The zero-order valence-electron chi connectivity index (χ0n) is 16.5. The van der Waals surface area contributed by atoms with Crippen molar-refractivity contribution in [1.29, 1.82) is 0 Å². The molecule has 0 aliphatic heterocycles. The number of thiazole rings is 1. The molecule has 6 nitrogen and oxygen atoms in total. The fourth-order valence-corrected chi connectivity index (χ4v) is 4.53. The van der Waals surface area contributed by atoms with Gasteiger partial charge in [0.25, 0.3) is 5.91 Å². The van der Waals surface area contributed by atoms with Crippen LogP contribution < -0.4 is 10.6 Å². The molecule has 0 fully saturated rings. The minimum atomic E-state index is -0.662. The first kappa shape index (κ1) is 20.2. The number of fused-ring (bicyclic) bond motifs is 1. The van der Waals surface area contributed by atoms with Gasteiger partial charge in [0.1, 0.15) is 16.9 Å². The quantitative estimate of drug-likeness (QED) is 0.454. The van der Waals surface area contributed by atoms with E-state index >= 15 is 0 Å². The number of nitrogens with one attached hydrogen (secondary N) is 2. The van der Waals surface area contributed by atoms with E-state index in [-0.39, 0.29) is 17.7 Å². The van der Waals surface area contributed by atoms with Crippen molar-refractivity contribution in [2.75, 3.05) is 5.32 Å². The lowest BCUT2D eigenvalue weighted by Gasteiger charge is -2.21. The maximum atomic E-state index is 12.8. The van der Waals surface area contributed by atoms with Gasteiger partial charge in [0, 0.05) is 11.8 Å². The number of amides is 2. The molecule has 0 aliphatic rings. The predicted molar refractivity (Wildman–Crippen MR) is 122 cm³/mol. The summed E-state index contributed by atoms with van der Waals surface area (Å²) in [6, 6.07) is 14.5. The number of hydrogen-bond acceptors (Lipinski definition) is 6. The molecule has 0 radical (unpaired) electrons. The number of benzene rings is 1. The highest BCUT2D eigenvalue weighted by atomic mass is 32.1. The maximum Gasteiger partial charge on any atom is 0.262 e. The van der Waals surface area contributed by atoms with E-state index in [0.29, 0.717) is 10.7 Å². The van der Waals surface area contributed by atoms with Crippen molar-refractivity contribution in [1.82, 2.24) is 15.3 Å². The Hall–Kier alpha value is -3.10. The summed E-state index contributed by atoms with van der Waals surface area (Å²) < 4.78 is 1.12. The molecule has 0 saturated carbocycles. The number of carbonyl (C=O) groups excluding carboxylic acids is 2. The summed E-state index contributed by atoms with van der Waals surface area (Å²) in [6.07, 6.45) is 1.70. The van der Waals surface area contributed by atoms with Crippen LogP contribution in [-0.2, 0) is 4.79 Å². The molecule has 4 aromatic rings. The predicted octanol–water partition coefficient (Wildman–Crippen LogP) is 4.81. The van der Waals surface area contributed by atoms with E-state index < -0.39 is 6.04 Å². The van der Waals surface area contributed by atoms with Gasteiger partial charge in [-0.25, -0.2) is 9.97 Å². The molecule has 1 unspecified atom stereocenters. The third-order valence-corrected chi connectivity index (χ3v) is 6.49. The standard InChI is InChI=1S/C22H20N4O2S2/c1-13(2)19(26-20(27)17-8-5-11-29-17)21(28)25-18-10-9-14(12-23-18)22-24-15-6-3-4-7-16(15)30-22/h3-13,19H,1-2H3,(H,26,27)(H,23,25,28).